The van der Waals surface area contributed by atoms with Crippen molar-refractivity contribution >= 4 is 22.7 Å². The van der Waals surface area contributed by atoms with Gasteiger partial charge >= 0.3 is 0 Å². The fraction of sp³-hybridized carbons (Fsp3) is 0.231. The maximum Gasteiger partial charge on any atom is 0.271 e. The van der Waals surface area contributed by atoms with Crippen LogP contribution in [-0.2, 0) is 13.5 Å². The van der Waals surface area contributed by atoms with Gasteiger partial charge in [-0.05, 0) is 12.1 Å². The fourth-order valence-electron chi connectivity index (χ4n) is 2.10. The summed E-state index contributed by atoms with van der Waals surface area (Å²) in [4.78, 5) is 17.7. The van der Waals surface area contributed by atoms with Crippen molar-refractivity contribution in [1.82, 2.24) is 19.7 Å². The molecular formula is C13H14N6O2. The van der Waals surface area contributed by atoms with Crippen LogP contribution in [0.5, 0.6) is 0 Å². The molecule has 0 amide bonds. The molecule has 3 rings (SSSR count). The molecule has 0 saturated heterocycles. The summed E-state index contributed by atoms with van der Waals surface area (Å²) in [5.41, 5.74) is 2.38. The number of aryl methyl sites for hydroxylation is 1. The largest absolute Gasteiger partial charge is 0.355 e. The monoisotopic (exact) mass is 286 g/mol. The lowest BCUT2D eigenvalue weighted by Gasteiger charge is -1.99. The zero-order chi connectivity index (χ0) is 14.8. The number of nitrogens with one attached hydrogen (secondary N) is 2. The molecule has 0 unspecified atom stereocenters. The standard InChI is InChI=1S/C13H14N6O2/c1-18-7-5-9(17-18)4-6-14-13-15-11-3-2-10(19(20)21)8-12(11)16-13/h2-3,5,7-8H,4,6H2,1H3,(H2,14,15,16). The number of anilines is 1. The smallest absolute Gasteiger partial charge is 0.271 e. The first-order valence-corrected chi connectivity index (χ1v) is 6.48. The van der Waals surface area contributed by atoms with Crippen LogP contribution in [0.1, 0.15) is 5.69 Å². The summed E-state index contributed by atoms with van der Waals surface area (Å²) in [6, 6.07) is 6.52. The van der Waals surface area contributed by atoms with E-state index in [4.69, 9.17) is 0 Å². The molecule has 0 saturated carbocycles. The number of nitro benzene ring substituents is 1. The second kappa shape index (κ2) is 5.23. The van der Waals surface area contributed by atoms with Crippen molar-refractivity contribution in [2.75, 3.05) is 11.9 Å². The van der Waals surface area contributed by atoms with Gasteiger partial charge in [-0.2, -0.15) is 5.10 Å². The van der Waals surface area contributed by atoms with Crippen molar-refractivity contribution in [1.29, 1.82) is 0 Å². The van der Waals surface area contributed by atoms with Crippen LogP contribution in [0.2, 0.25) is 0 Å². The topological polar surface area (TPSA) is 102 Å². The highest BCUT2D eigenvalue weighted by Crippen LogP contribution is 2.20. The third-order valence-corrected chi connectivity index (χ3v) is 3.12. The van der Waals surface area contributed by atoms with Gasteiger partial charge in [0.1, 0.15) is 0 Å². The Labute approximate surface area is 120 Å². The lowest BCUT2D eigenvalue weighted by molar-refractivity contribution is -0.384. The number of fused-ring (bicyclic) bond motifs is 1. The highest BCUT2D eigenvalue weighted by Gasteiger charge is 2.09. The molecule has 0 radical (unpaired) electrons. The Morgan fingerprint density at radius 1 is 1.43 bits per heavy atom. The summed E-state index contributed by atoms with van der Waals surface area (Å²) >= 11 is 0. The van der Waals surface area contributed by atoms with Gasteiger partial charge in [0.2, 0.25) is 5.95 Å². The minimum absolute atomic E-state index is 0.0474. The first-order chi connectivity index (χ1) is 10.1. The van der Waals surface area contributed by atoms with E-state index in [-0.39, 0.29) is 5.69 Å². The minimum atomic E-state index is -0.422. The quantitative estimate of drug-likeness (QED) is 0.550. The Morgan fingerprint density at radius 2 is 2.29 bits per heavy atom. The lowest BCUT2D eigenvalue weighted by atomic mass is 10.3. The molecule has 0 aliphatic heterocycles. The maximum atomic E-state index is 10.7. The van der Waals surface area contributed by atoms with Gasteiger partial charge in [-0.25, -0.2) is 4.98 Å². The molecule has 2 aromatic heterocycles. The number of non-ortho nitro benzene ring substituents is 1. The summed E-state index contributed by atoms with van der Waals surface area (Å²) in [5.74, 6) is 0.599. The number of imidazole rings is 1. The average molecular weight is 286 g/mol. The van der Waals surface area contributed by atoms with Crippen molar-refractivity contribution in [3.63, 3.8) is 0 Å². The molecule has 21 heavy (non-hydrogen) atoms. The van der Waals surface area contributed by atoms with Gasteiger partial charge in [0.25, 0.3) is 5.69 Å². The van der Waals surface area contributed by atoms with E-state index in [0.29, 0.717) is 23.5 Å². The SMILES string of the molecule is Cn1ccc(CCNc2nc3ccc([N+](=O)[O-])cc3[nH]2)n1. The van der Waals surface area contributed by atoms with E-state index in [1.54, 1.807) is 10.7 Å². The van der Waals surface area contributed by atoms with Gasteiger partial charge in [-0.3, -0.25) is 14.8 Å². The number of hydrogen-bond donors (Lipinski definition) is 2. The molecule has 2 N–H and O–H groups in total. The summed E-state index contributed by atoms with van der Waals surface area (Å²) in [6.07, 6.45) is 2.67. The summed E-state index contributed by atoms with van der Waals surface area (Å²) in [6.45, 7) is 0.679. The van der Waals surface area contributed by atoms with Gasteiger partial charge in [0.15, 0.2) is 0 Å². The first kappa shape index (κ1) is 13.1. The predicted molar refractivity (Wildman–Crippen MR) is 78.1 cm³/mol. The summed E-state index contributed by atoms with van der Waals surface area (Å²) in [5, 5.41) is 18.2. The van der Waals surface area contributed by atoms with Crippen molar-refractivity contribution in [2.24, 2.45) is 7.05 Å². The van der Waals surface area contributed by atoms with Crippen LogP contribution in [0.25, 0.3) is 11.0 Å². The van der Waals surface area contributed by atoms with Crippen molar-refractivity contribution in [3.8, 4) is 0 Å². The second-order valence-corrected chi connectivity index (χ2v) is 4.70. The van der Waals surface area contributed by atoms with Crippen LogP contribution >= 0.6 is 0 Å². The van der Waals surface area contributed by atoms with Crippen LogP contribution in [0.4, 0.5) is 11.6 Å². The van der Waals surface area contributed by atoms with Gasteiger partial charge in [0, 0.05) is 38.3 Å². The number of rotatable bonds is 5. The Balaban J connectivity index is 1.68. The van der Waals surface area contributed by atoms with Crippen LogP contribution in [0.15, 0.2) is 30.5 Å². The van der Waals surface area contributed by atoms with E-state index < -0.39 is 4.92 Å². The second-order valence-electron chi connectivity index (χ2n) is 4.70. The number of benzene rings is 1. The minimum Gasteiger partial charge on any atom is -0.355 e. The normalized spacial score (nSPS) is 10.9. The van der Waals surface area contributed by atoms with Gasteiger partial charge < -0.3 is 10.3 Å². The fourth-order valence-corrected chi connectivity index (χ4v) is 2.10. The van der Waals surface area contributed by atoms with Gasteiger partial charge in [-0.15, -0.1) is 0 Å². The highest BCUT2D eigenvalue weighted by atomic mass is 16.6. The maximum absolute atomic E-state index is 10.7. The molecule has 0 aliphatic rings. The number of aromatic amines is 1. The van der Waals surface area contributed by atoms with E-state index in [1.807, 2.05) is 19.3 Å². The Bertz CT molecular complexity index is 791. The Morgan fingerprint density at radius 3 is 3.00 bits per heavy atom. The lowest BCUT2D eigenvalue weighted by Crippen LogP contribution is -2.06. The zero-order valence-corrected chi connectivity index (χ0v) is 11.4. The van der Waals surface area contributed by atoms with E-state index in [0.717, 1.165) is 12.1 Å². The molecule has 0 fully saturated rings. The number of H-pyrrole nitrogens is 1. The van der Waals surface area contributed by atoms with Gasteiger partial charge in [0.05, 0.1) is 21.7 Å². The van der Waals surface area contributed by atoms with Crippen molar-refractivity contribution in [2.45, 2.75) is 6.42 Å². The molecular weight excluding hydrogens is 272 g/mol. The molecule has 0 aliphatic carbocycles. The molecule has 0 atom stereocenters. The molecule has 0 spiro atoms. The molecule has 0 bridgehead atoms. The van der Waals surface area contributed by atoms with Crippen molar-refractivity contribution in [3.05, 3.63) is 46.3 Å². The van der Waals surface area contributed by atoms with E-state index in [1.165, 1.54) is 12.1 Å². The third-order valence-electron chi connectivity index (χ3n) is 3.12. The number of hydrogen-bond acceptors (Lipinski definition) is 5. The average Bonchev–Trinajstić information content (AvgIpc) is 3.03. The number of nitrogens with zero attached hydrogens (tertiary/aromatic N) is 4. The van der Waals surface area contributed by atoms with E-state index in [9.17, 15) is 10.1 Å². The molecule has 3 aromatic rings. The number of aromatic nitrogens is 4. The molecule has 2 heterocycles. The molecule has 1 aromatic carbocycles. The first-order valence-electron chi connectivity index (χ1n) is 6.48. The Kier molecular flexibility index (Phi) is 3.27. The van der Waals surface area contributed by atoms with Crippen LogP contribution in [0.3, 0.4) is 0 Å². The van der Waals surface area contributed by atoms with Crippen LogP contribution < -0.4 is 5.32 Å². The van der Waals surface area contributed by atoms with Crippen LogP contribution in [0, 0.1) is 10.1 Å². The van der Waals surface area contributed by atoms with Gasteiger partial charge in [-0.1, -0.05) is 0 Å². The molecule has 108 valence electrons. The third kappa shape index (κ3) is 2.83. The zero-order valence-electron chi connectivity index (χ0n) is 11.4. The molecule has 8 nitrogen and oxygen atoms in total. The predicted octanol–water partition coefficient (Wildman–Crippen LogP) is 1.86. The van der Waals surface area contributed by atoms with Crippen LogP contribution in [-0.4, -0.2) is 31.2 Å². The summed E-state index contributed by atoms with van der Waals surface area (Å²) < 4.78 is 1.76. The highest BCUT2D eigenvalue weighted by molar-refractivity contribution is 5.79. The van der Waals surface area contributed by atoms with Crippen molar-refractivity contribution < 1.29 is 4.92 Å². The van der Waals surface area contributed by atoms with E-state index >= 15 is 0 Å². The van der Waals surface area contributed by atoms with E-state index in [2.05, 4.69) is 20.4 Å². The Hall–Kier alpha value is -2.90. The molecule has 8 heteroatoms. The summed E-state index contributed by atoms with van der Waals surface area (Å²) in [7, 11) is 1.88. The number of nitro groups is 1.